The second-order valence-corrected chi connectivity index (χ2v) is 5.24. The summed E-state index contributed by atoms with van der Waals surface area (Å²) in [5.74, 6) is -1.30. The third-order valence-electron chi connectivity index (χ3n) is 3.56. The first-order chi connectivity index (χ1) is 7.76. The number of carboxylic acid groups (broad SMARTS) is 1. The van der Waals surface area contributed by atoms with Gasteiger partial charge in [-0.1, -0.05) is 13.8 Å². The van der Waals surface area contributed by atoms with Gasteiger partial charge in [-0.05, 0) is 12.8 Å². The lowest BCUT2D eigenvalue weighted by Crippen LogP contribution is -2.53. The Kier molecular flexibility index (Phi) is 4.21. The number of rotatable bonds is 6. The lowest BCUT2D eigenvalue weighted by Gasteiger charge is -2.42. The van der Waals surface area contributed by atoms with Crippen LogP contribution in [-0.2, 0) is 4.79 Å². The van der Waals surface area contributed by atoms with Gasteiger partial charge in [0.1, 0.15) is 0 Å². The van der Waals surface area contributed by atoms with Gasteiger partial charge in [-0.25, -0.2) is 0 Å². The summed E-state index contributed by atoms with van der Waals surface area (Å²) in [6, 6.07) is 0. The van der Waals surface area contributed by atoms with Crippen molar-refractivity contribution in [1.29, 1.82) is 0 Å². The molecule has 1 saturated carbocycles. The number of aliphatic carboxylic acids is 1. The second kappa shape index (κ2) is 5.10. The zero-order valence-corrected chi connectivity index (χ0v) is 10.3. The number of hydrogen-bond acceptors (Lipinski definition) is 4. The largest absolute Gasteiger partial charge is 0.481 e. The molecule has 0 bridgehead atoms. The summed E-state index contributed by atoms with van der Waals surface area (Å²) in [6.45, 7) is 3.79. The molecule has 1 rings (SSSR count). The van der Waals surface area contributed by atoms with Gasteiger partial charge in [-0.3, -0.25) is 10.5 Å². The number of aliphatic hydroxyl groups is 1. The van der Waals surface area contributed by atoms with E-state index in [1.54, 1.807) is 0 Å². The van der Waals surface area contributed by atoms with E-state index in [-0.39, 0.29) is 24.8 Å². The highest BCUT2D eigenvalue weighted by Gasteiger charge is 2.50. The first kappa shape index (κ1) is 14.1. The third-order valence-corrected chi connectivity index (χ3v) is 3.56. The minimum Gasteiger partial charge on any atom is -0.481 e. The van der Waals surface area contributed by atoms with E-state index in [0.29, 0.717) is 12.8 Å². The van der Waals surface area contributed by atoms with E-state index in [1.165, 1.54) is 0 Å². The van der Waals surface area contributed by atoms with Gasteiger partial charge in [0, 0.05) is 15.6 Å². The minimum absolute atomic E-state index is 0.0279. The predicted molar refractivity (Wildman–Crippen MR) is 61.2 cm³/mol. The molecule has 1 aliphatic rings. The Bertz CT molecular complexity index is 319. The molecule has 0 saturated heterocycles. The number of carboxylic acids is 1. The molecule has 0 aromatic carbocycles. The van der Waals surface area contributed by atoms with Crippen LogP contribution in [0.2, 0.25) is 0 Å². The van der Waals surface area contributed by atoms with Crippen LogP contribution in [0.1, 0.15) is 33.1 Å². The highest BCUT2D eigenvalue weighted by molar-refractivity contribution is 5.68. The first-order valence-electron chi connectivity index (χ1n) is 5.90. The van der Waals surface area contributed by atoms with Crippen LogP contribution >= 0.6 is 0 Å². The lowest BCUT2D eigenvalue weighted by molar-refractivity contribution is -0.603. The van der Waals surface area contributed by atoms with E-state index in [2.05, 4.69) is 0 Å². The van der Waals surface area contributed by atoms with Gasteiger partial charge in [0.15, 0.2) is 6.54 Å². The molecule has 0 radical (unpaired) electrons. The third kappa shape index (κ3) is 3.23. The van der Waals surface area contributed by atoms with Crippen molar-refractivity contribution in [1.82, 2.24) is 0 Å². The Hall–Kier alpha value is -1.01. The van der Waals surface area contributed by atoms with Gasteiger partial charge < -0.3 is 10.2 Å². The van der Waals surface area contributed by atoms with E-state index >= 15 is 0 Å². The molecule has 0 heterocycles. The maximum absolute atomic E-state index is 11.7. The van der Waals surface area contributed by atoms with Crippen LogP contribution in [0.3, 0.4) is 0 Å². The van der Waals surface area contributed by atoms with Crippen LogP contribution in [0, 0.1) is 16.7 Å². The fourth-order valence-electron chi connectivity index (χ4n) is 2.11. The molecule has 4 N–H and O–H groups in total. The van der Waals surface area contributed by atoms with Gasteiger partial charge >= 0.3 is 5.97 Å². The maximum Gasteiger partial charge on any atom is 0.306 e. The Morgan fingerprint density at radius 3 is 2.53 bits per heavy atom. The van der Waals surface area contributed by atoms with Crippen molar-refractivity contribution in [3.8, 4) is 0 Å². The smallest absolute Gasteiger partial charge is 0.306 e. The SMILES string of the molecule is CC(C)[C@H](N)[N+](=O)C[C@H]1CC[C@@]1(O)CC(=O)O. The summed E-state index contributed by atoms with van der Waals surface area (Å²) in [6.07, 6.45) is 0.203. The quantitative estimate of drug-likeness (QED) is 0.462. The highest BCUT2D eigenvalue weighted by Crippen LogP contribution is 2.41. The van der Waals surface area contributed by atoms with E-state index in [0.717, 1.165) is 4.76 Å². The zero-order valence-electron chi connectivity index (χ0n) is 10.3. The Balaban J connectivity index is 2.53. The first-order valence-corrected chi connectivity index (χ1v) is 5.90. The standard InChI is InChI=1S/C11H20N2O4/c1-7(2)10(12)13(17)6-8-3-4-11(8,16)5-9(14)15/h7-8,10,16H,3-6,12H2,1-2H3/p+1/t8-,10-,11-/m1/s1. The molecule has 0 unspecified atom stereocenters. The number of nitrogens with two attached hydrogens (primary N) is 1. The van der Waals surface area contributed by atoms with Crippen LogP contribution in [-0.4, -0.2) is 39.3 Å². The average molecular weight is 245 g/mol. The maximum atomic E-state index is 11.7. The summed E-state index contributed by atoms with van der Waals surface area (Å²) in [7, 11) is 0. The Morgan fingerprint density at radius 1 is 1.59 bits per heavy atom. The second-order valence-electron chi connectivity index (χ2n) is 5.24. The molecule has 98 valence electrons. The van der Waals surface area contributed by atoms with Crippen LogP contribution < -0.4 is 5.73 Å². The van der Waals surface area contributed by atoms with Crippen LogP contribution in [0.4, 0.5) is 0 Å². The number of nitroso groups, excluding NO2 is 1. The summed E-state index contributed by atoms with van der Waals surface area (Å²) < 4.78 is 0.751. The molecule has 3 atom stereocenters. The van der Waals surface area contributed by atoms with Gasteiger partial charge in [-0.2, -0.15) is 0 Å². The highest BCUT2D eigenvalue weighted by atomic mass is 16.4. The summed E-state index contributed by atoms with van der Waals surface area (Å²) in [5, 5.41) is 18.7. The molecule has 0 aromatic rings. The zero-order chi connectivity index (χ0) is 13.2. The van der Waals surface area contributed by atoms with Gasteiger partial charge in [0.05, 0.1) is 17.9 Å². The molecular weight excluding hydrogens is 224 g/mol. The van der Waals surface area contributed by atoms with E-state index < -0.39 is 17.7 Å². The normalized spacial score (nSPS) is 29.8. The fourth-order valence-corrected chi connectivity index (χ4v) is 2.11. The molecule has 17 heavy (non-hydrogen) atoms. The molecule has 1 fully saturated rings. The number of hydrogen-bond donors (Lipinski definition) is 3. The summed E-state index contributed by atoms with van der Waals surface area (Å²) >= 11 is 0. The average Bonchev–Trinajstić information content (AvgIpc) is 2.21. The lowest BCUT2D eigenvalue weighted by atomic mass is 9.67. The molecule has 0 spiro atoms. The molecule has 0 amide bonds. The van der Waals surface area contributed by atoms with Crippen LogP contribution in [0.15, 0.2) is 0 Å². The molecule has 1 aliphatic carbocycles. The molecular formula is C11H21N2O4+. The van der Waals surface area contributed by atoms with E-state index in [1.807, 2.05) is 13.8 Å². The van der Waals surface area contributed by atoms with E-state index in [4.69, 9.17) is 10.8 Å². The fraction of sp³-hybridized carbons (Fsp3) is 0.909. The van der Waals surface area contributed by atoms with Crippen molar-refractivity contribution in [2.75, 3.05) is 6.54 Å². The van der Waals surface area contributed by atoms with Crippen molar-refractivity contribution in [2.45, 2.75) is 44.9 Å². The van der Waals surface area contributed by atoms with Gasteiger partial charge in [0.2, 0.25) is 0 Å². The Labute approximate surface area is 100 Å². The molecule has 6 nitrogen and oxygen atoms in total. The molecule has 0 aliphatic heterocycles. The summed E-state index contributed by atoms with van der Waals surface area (Å²) in [4.78, 5) is 22.3. The van der Waals surface area contributed by atoms with Crippen molar-refractivity contribution in [2.24, 2.45) is 17.6 Å². The van der Waals surface area contributed by atoms with Gasteiger partial charge in [0.25, 0.3) is 6.17 Å². The van der Waals surface area contributed by atoms with Crippen LogP contribution in [0.25, 0.3) is 0 Å². The van der Waals surface area contributed by atoms with Crippen molar-refractivity contribution in [3.05, 3.63) is 4.91 Å². The minimum atomic E-state index is -1.23. The van der Waals surface area contributed by atoms with Crippen molar-refractivity contribution >= 4 is 5.97 Å². The summed E-state index contributed by atoms with van der Waals surface area (Å²) in [5.41, 5.74) is 4.46. The molecule has 0 aromatic heterocycles. The predicted octanol–water partition coefficient (Wildman–Crippen LogP) is 0.322. The van der Waals surface area contributed by atoms with E-state index in [9.17, 15) is 14.8 Å². The van der Waals surface area contributed by atoms with Crippen molar-refractivity contribution < 1.29 is 19.8 Å². The Morgan fingerprint density at radius 2 is 2.18 bits per heavy atom. The van der Waals surface area contributed by atoms with Crippen LogP contribution in [0.5, 0.6) is 0 Å². The van der Waals surface area contributed by atoms with Crippen molar-refractivity contribution in [3.63, 3.8) is 0 Å². The number of nitrogens with zero attached hydrogens (tertiary/aromatic N) is 1. The van der Waals surface area contributed by atoms with Gasteiger partial charge in [-0.15, -0.1) is 0 Å². The number of carbonyl (C=O) groups is 1. The molecule has 6 heteroatoms. The monoisotopic (exact) mass is 245 g/mol. The topological polar surface area (TPSA) is 104 Å².